The topological polar surface area (TPSA) is 63.1 Å². The quantitative estimate of drug-likeness (QED) is 0.645. The maximum atomic E-state index is 13.1. The third kappa shape index (κ3) is 5.04. The van der Waals surface area contributed by atoms with Crippen LogP contribution in [0.4, 0.5) is 19.0 Å². The lowest BCUT2D eigenvalue weighted by atomic mass is 10.1. The van der Waals surface area contributed by atoms with Gasteiger partial charge in [0, 0.05) is 43.7 Å². The number of nitrogens with zero attached hydrogens (tertiary/aromatic N) is 4. The molecule has 0 saturated heterocycles. The number of aromatic nitrogens is 3. The second-order valence-electron chi connectivity index (χ2n) is 7.44. The van der Waals surface area contributed by atoms with E-state index in [9.17, 15) is 18.0 Å². The highest BCUT2D eigenvalue weighted by molar-refractivity contribution is 5.79. The molecule has 2 heterocycles. The largest absolute Gasteiger partial charge is 0.416 e. The molecule has 2 aromatic heterocycles. The van der Waals surface area contributed by atoms with Crippen molar-refractivity contribution in [2.45, 2.75) is 33.0 Å². The Balaban J connectivity index is 1.77. The summed E-state index contributed by atoms with van der Waals surface area (Å²) < 4.78 is 40.6. The molecule has 0 unspecified atom stereocenters. The van der Waals surface area contributed by atoms with Crippen molar-refractivity contribution in [3.8, 4) is 5.69 Å². The van der Waals surface area contributed by atoms with Gasteiger partial charge in [0.05, 0.1) is 23.4 Å². The molecular formula is C22H24F3N5O. The lowest BCUT2D eigenvalue weighted by molar-refractivity contribution is -0.137. The molecule has 0 spiro atoms. The number of anilines is 1. The number of alkyl halides is 3. The van der Waals surface area contributed by atoms with E-state index >= 15 is 0 Å². The number of halogens is 3. The summed E-state index contributed by atoms with van der Waals surface area (Å²) in [4.78, 5) is 18.8. The van der Waals surface area contributed by atoms with E-state index in [0.717, 1.165) is 23.5 Å². The molecule has 1 amide bonds. The maximum absolute atomic E-state index is 13.1. The van der Waals surface area contributed by atoms with E-state index in [-0.39, 0.29) is 12.3 Å². The minimum Gasteiger partial charge on any atom is -0.362 e. The average molecular weight is 431 g/mol. The van der Waals surface area contributed by atoms with Gasteiger partial charge in [0.15, 0.2) is 0 Å². The Labute approximate surface area is 178 Å². The number of pyridine rings is 1. The highest BCUT2D eigenvalue weighted by atomic mass is 19.4. The van der Waals surface area contributed by atoms with Crippen molar-refractivity contribution in [1.82, 2.24) is 20.1 Å². The number of aryl methyl sites for hydroxylation is 1. The molecule has 31 heavy (non-hydrogen) atoms. The van der Waals surface area contributed by atoms with Crippen molar-refractivity contribution >= 4 is 11.7 Å². The fourth-order valence-electron chi connectivity index (χ4n) is 3.38. The fraction of sp³-hybridized carbons (Fsp3) is 0.318. The van der Waals surface area contributed by atoms with Gasteiger partial charge >= 0.3 is 6.18 Å². The molecule has 3 aromatic rings. The Morgan fingerprint density at radius 1 is 1.16 bits per heavy atom. The summed E-state index contributed by atoms with van der Waals surface area (Å²) in [6.45, 7) is 3.80. The fourth-order valence-corrected chi connectivity index (χ4v) is 3.38. The van der Waals surface area contributed by atoms with Gasteiger partial charge < -0.3 is 10.2 Å². The minimum absolute atomic E-state index is 0.0776. The zero-order chi connectivity index (χ0) is 22.8. The zero-order valence-electron chi connectivity index (χ0n) is 17.8. The predicted octanol–water partition coefficient (Wildman–Crippen LogP) is 3.83. The molecule has 9 heteroatoms. The van der Waals surface area contributed by atoms with Gasteiger partial charge in [0.25, 0.3) is 0 Å². The number of carbonyl (C=O) groups is 1. The molecule has 0 aliphatic rings. The standard InChI is InChI=1S/C22H24F3N5O/c1-14-19(12-20(31)27-13-16-7-6-10-26-21(16)29(3)4)15(2)30(28-14)18-9-5-8-17(11-18)22(23,24)25/h5-11H,12-13H2,1-4H3,(H,27,31). The average Bonchev–Trinajstić information content (AvgIpc) is 3.00. The first kappa shape index (κ1) is 22.3. The molecule has 0 atom stereocenters. The first-order chi connectivity index (χ1) is 14.6. The van der Waals surface area contributed by atoms with Crippen LogP contribution in [0.1, 0.15) is 28.1 Å². The Morgan fingerprint density at radius 3 is 2.58 bits per heavy atom. The van der Waals surface area contributed by atoms with Gasteiger partial charge in [-0.2, -0.15) is 18.3 Å². The van der Waals surface area contributed by atoms with Crippen LogP contribution in [-0.2, 0) is 23.9 Å². The van der Waals surface area contributed by atoms with Gasteiger partial charge in [-0.25, -0.2) is 9.67 Å². The molecule has 0 saturated carbocycles. The highest BCUT2D eigenvalue weighted by Crippen LogP contribution is 2.31. The Kier molecular flexibility index (Phi) is 6.33. The maximum Gasteiger partial charge on any atom is 0.416 e. The molecule has 0 radical (unpaired) electrons. The number of amides is 1. The minimum atomic E-state index is -4.44. The zero-order valence-corrected chi connectivity index (χ0v) is 17.8. The molecule has 164 valence electrons. The number of rotatable bonds is 6. The summed E-state index contributed by atoms with van der Waals surface area (Å²) in [6, 6.07) is 8.67. The molecule has 0 bridgehead atoms. The second kappa shape index (κ2) is 8.79. The van der Waals surface area contributed by atoms with E-state index in [1.807, 2.05) is 31.1 Å². The van der Waals surface area contributed by atoms with E-state index in [4.69, 9.17) is 0 Å². The predicted molar refractivity (Wildman–Crippen MR) is 112 cm³/mol. The van der Waals surface area contributed by atoms with E-state index in [1.54, 1.807) is 26.1 Å². The normalized spacial score (nSPS) is 11.5. The highest BCUT2D eigenvalue weighted by Gasteiger charge is 2.30. The second-order valence-corrected chi connectivity index (χ2v) is 7.44. The Bertz CT molecular complexity index is 1090. The van der Waals surface area contributed by atoms with Gasteiger partial charge in [-0.1, -0.05) is 12.1 Å². The van der Waals surface area contributed by atoms with E-state index in [1.165, 1.54) is 10.7 Å². The van der Waals surface area contributed by atoms with Crippen molar-refractivity contribution in [2.75, 3.05) is 19.0 Å². The molecule has 3 rings (SSSR count). The lowest BCUT2D eigenvalue weighted by Gasteiger charge is -2.16. The number of nitrogens with one attached hydrogen (secondary N) is 1. The van der Waals surface area contributed by atoms with Crippen molar-refractivity contribution < 1.29 is 18.0 Å². The molecule has 0 aliphatic carbocycles. The van der Waals surface area contributed by atoms with Crippen LogP contribution in [0.15, 0.2) is 42.6 Å². The Hall–Kier alpha value is -3.36. The molecule has 1 N–H and O–H groups in total. The lowest BCUT2D eigenvalue weighted by Crippen LogP contribution is -2.26. The SMILES string of the molecule is Cc1nn(-c2cccc(C(F)(F)F)c2)c(C)c1CC(=O)NCc1cccnc1N(C)C. The van der Waals surface area contributed by atoms with E-state index in [2.05, 4.69) is 15.4 Å². The van der Waals surface area contributed by atoms with Crippen molar-refractivity contribution in [3.63, 3.8) is 0 Å². The van der Waals surface area contributed by atoms with Crippen LogP contribution < -0.4 is 10.2 Å². The molecule has 1 aromatic carbocycles. The van der Waals surface area contributed by atoms with E-state index < -0.39 is 11.7 Å². The third-order valence-corrected chi connectivity index (χ3v) is 4.96. The van der Waals surface area contributed by atoms with Crippen LogP contribution in [0.3, 0.4) is 0 Å². The summed E-state index contributed by atoms with van der Waals surface area (Å²) in [5, 5.41) is 7.25. The number of carbonyl (C=O) groups excluding carboxylic acids is 1. The van der Waals surface area contributed by atoms with Crippen LogP contribution in [0.2, 0.25) is 0 Å². The summed E-state index contributed by atoms with van der Waals surface area (Å²) in [5.74, 6) is 0.566. The van der Waals surface area contributed by atoms with Crippen LogP contribution in [0.25, 0.3) is 5.69 Å². The first-order valence-corrected chi connectivity index (χ1v) is 9.68. The monoisotopic (exact) mass is 431 g/mol. The van der Waals surface area contributed by atoms with Gasteiger partial charge in [-0.15, -0.1) is 0 Å². The summed E-state index contributed by atoms with van der Waals surface area (Å²) in [5.41, 5.74) is 2.35. The summed E-state index contributed by atoms with van der Waals surface area (Å²) in [7, 11) is 3.76. The first-order valence-electron chi connectivity index (χ1n) is 9.68. The van der Waals surface area contributed by atoms with Gasteiger partial charge in [0.1, 0.15) is 5.82 Å². The smallest absolute Gasteiger partial charge is 0.362 e. The van der Waals surface area contributed by atoms with Crippen molar-refractivity contribution in [2.24, 2.45) is 0 Å². The third-order valence-electron chi connectivity index (χ3n) is 4.96. The van der Waals surface area contributed by atoms with Crippen molar-refractivity contribution in [3.05, 3.63) is 70.7 Å². The number of hydrogen-bond donors (Lipinski definition) is 1. The van der Waals surface area contributed by atoms with Crippen molar-refractivity contribution in [1.29, 1.82) is 0 Å². The van der Waals surface area contributed by atoms with Gasteiger partial charge in [-0.3, -0.25) is 4.79 Å². The molecule has 0 aliphatic heterocycles. The van der Waals surface area contributed by atoms with Gasteiger partial charge in [-0.05, 0) is 38.1 Å². The molecule has 6 nitrogen and oxygen atoms in total. The van der Waals surface area contributed by atoms with Crippen LogP contribution in [0, 0.1) is 13.8 Å². The summed E-state index contributed by atoms with van der Waals surface area (Å²) in [6.07, 6.45) is -2.67. The number of hydrogen-bond acceptors (Lipinski definition) is 4. The van der Waals surface area contributed by atoms with Crippen LogP contribution >= 0.6 is 0 Å². The molecular weight excluding hydrogens is 407 g/mol. The van der Waals surface area contributed by atoms with Gasteiger partial charge in [0.2, 0.25) is 5.91 Å². The summed E-state index contributed by atoms with van der Waals surface area (Å²) >= 11 is 0. The number of benzene rings is 1. The molecule has 0 fully saturated rings. The van der Waals surface area contributed by atoms with E-state index in [0.29, 0.717) is 29.2 Å². The Morgan fingerprint density at radius 2 is 1.90 bits per heavy atom. The van der Waals surface area contributed by atoms with Crippen LogP contribution in [-0.4, -0.2) is 34.8 Å². The van der Waals surface area contributed by atoms with Crippen LogP contribution in [0.5, 0.6) is 0 Å².